The molecule has 0 spiro atoms. The van der Waals surface area contributed by atoms with Crippen molar-refractivity contribution in [1.29, 1.82) is 0 Å². The Morgan fingerprint density at radius 1 is 0.952 bits per heavy atom. The summed E-state index contributed by atoms with van der Waals surface area (Å²) in [4.78, 5) is 10.9. The van der Waals surface area contributed by atoms with Crippen molar-refractivity contribution in [2.24, 2.45) is 0 Å². The van der Waals surface area contributed by atoms with Crippen molar-refractivity contribution in [2.45, 2.75) is 26.9 Å². The molecule has 0 fully saturated rings. The van der Waals surface area contributed by atoms with Gasteiger partial charge in [-0.1, -0.05) is 54.6 Å². The summed E-state index contributed by atoms with van der Waals surface area (Å²) in [5, 5.41) is 0. The monoisotopic (exact) mass is 280 g/mol. The first-order chi connectivity index (χ1) is 10.1. The van der Waals surface area contributed by atoms with Crippen LogP contribution in [0.4, 0.5) is 0 Å². The number of rotatable bonds is 4. The minimum atomic E-state index is -0.258. The molecule has 0 bridgehead atoms. The van der Waals surface area contributed by atoms with Gasteiger partial charge in [0.05, 0.1) is 0 Å². The molecule has 1 atom stereocenters. The van der Waals surface area contributed by atoms with Gasteiger partial charge in [-0.25, -0.2) is 0 Å². The zero-order valence-electron chi connectivity index (χ0n) is 12.7. The molecule has 2 aromatic rings. The highest BCUT2D eigenvalue weighted by molar-refractivity contribution is 5.70. The molecule has 0 radical (unpaired) electrons. The van der Waals surface area contributed by atoms with Crippen LogP contribution in [0.1, 0.15) is 26.3 Å². The molecule has 2 aromatic carbocycles. The van der Waals surface area contributed by atoms with Gasteiger partial charge >= 0.3 is 5.97 Å². The van der Waals surface area contributed by atoms with Crippen molar-refractivity contribution in [3.63, 3.8) is 0 Å². The van der Waals surface area contributed by atoms with E-state index in [0.29, 0.717) is 0 Å². The van der Waals surface area contributed by atoms with Gasteiger partial charge < -0.3 is 4.74 Å². The maximum atomic E-state index is 10.9. The van der Waals surface area contributed by atoms with E-state index < -0.39 is 0 Å². The second-order valence-electron chi connectivity index (χ2n) is 5.11. The smallest absolute Gasteiger partial charge is 0.303 e. The van der Waals surface area contributed by atoms with Gasteiger partial charge in [0, 0.05) is 6.92 Å². The van der Waals surface area contributed by atoms with E-state index in [4.69, 9.17) is 4.74 Å². The van der Waals surface area contributed by atoms with Crippen LogP contribution in [0.15, 0.2) is 60.7 Å². The molecule has 0 aliphatic carbocycles. The zero-order chi connectivity index (χ0) is 15.2. The third-order valence-electron chi connectivity index (χ3n) is 3.28. The molecule has 21 heavy (non-hydrogen) atoms. The average molecular weight is 280 g/mol. The Bertz CT molecular complexity index is 624. The highest BCUT2D eigenvalue weighted by Crippen LogP contribution is 2.22. The summed E-state index contributed by atoms with van der Waals surface area (Å²) in [6.07, 6.45) is 1.75. The van der Waals surface area contributed by atoms with Crippen LogP contribution in [0.5, 0.6) is 0 Å². The van der Waals surface area contributed by atoms with Crippen LogP contribution >= 0.6 is 0 Å². The minimum Gasteiger partial charge on any atom is -0.459 e. The quantitative estimate of drug-likeness (QED) is 0.758. The lowest BCUT2D eigenvalue weighted by molar-refractivity contribution is -0.143. The third-order valence-corrected chi connectivity index (χ3v) is 3.28. The number of allylic oxidation sites excluding steroid dienone is 1. The van der Waals surface area contributed by atoms with E-state index in [1.54, 1.807) is 0 Å². The fourth-order valence-corrected chi connectivity index (χ4v) is 2.30. The Labute approximate surface area is 126 Å². The van der Waals surface area contributed by atoms with E-state index in [2.05, 4.69) is 36.4 Å². The number of benzene rings is 2. The summed E-state index contributed by atoms with van der Waals surface area (Å²) in [6.45, 7) is 5.31. The second-order valence-corrected chi connectivity index (χ2v) is 5.11. The fraction of sp³-hybridized carbons (Fsp3) is 0.211. The van der Waals surface area contributed by atoms with Gasteiger partial charge in [0.2, 0.25) is 0 Å². The molecule has 2 heteroatoms. The minimum absolute atomic E-state index is 0.212. The van der Waals surface area contributed by atoms with E-state index in [1.165, 1.54) is 18.1 Å². The summed E-state index contributed by atoms with van der Waals surface area (Å²) in [7, 11) is 0. The van der Waals surface area contributed by atoms with Gasteiger partial charge in [-0.05, 0) is 42.2 Å². The number of hydrogen-bond acceptors (Lipinski definition) is 2. The summed E-state index contributed by atoms with van der Waals surface area (Å²) in [5.41, 5.74) is 4.64. The number of carbonyl (C=O) groups excluding carboxylic acids is 1. The van der Waals surface area contributed by atoms with E-state index in [0.717, 1.165) is 11.1 Å². The largest absolute Gasteiger partial charge is 0.459 e. The topological polar surface area (TPSA) is 26.3 Å². The Kier molecular flexibility index (Phi) is 4.94. The standard InChI is InChI=1S/C19H20O2/c1-14(13-15(2)21-16(3)20)17-9-11-19(12-10-17)18-7-5-4-6-8-18/h4-13,15H,1-3H3. The predicted octanol–water partition coefficient (Wildman–Crippen LogP) is 4.71. The molecule has 1 unspecified atom stereocenters. The normalized spacial score (nSPS) is 12.8. The number of hydrogen-bond donors (Lipinski definition) is 0. The van der Waals surface area contributed by atoms with Gasteiger partial charge in [-0.15, -0.1) is 0 Å². The van der Waals surface area contributed by atoms with Crippen LogP contribution in [0.2, 0.25) is 0 Å². The maximum absolute atomic E-state index is 10.9. The number of ether oxygens (including phenoxy) is 1. The van der Waals surface area contributed by atoms with Gasteiger partial charge in [0.25, 0.3) is 0 Å². The lowest BCUT2D eigenvalue weighted by atomic mass is 10.0. The van der Waals surface area contributed by atoms with Gasteiger partial charge in [0.1, 0.15) is 6.10 Å². The Balaban J connectivity index is 2.15. The van der Waals surface area contributed by atoms with Crippen LogP contribution in [-0.2, 0) is 9.53 Å². The van der Waals surface area contributed by atoms with Crippen LogP contribution in [0.25, 0.3) is 16.7 Å². The molecule has 108 valence electrons. The van der Waals surface area contributed by atoms with Crippen LogP contribution in [-0.4, -0.2) is 12.1 Å². The van der Waals surface area contributed by atoms with Crippen molar-refractivity contribution < 1.29 is 9.53 Å². The first kappa shape index (κ1) is 15.0. The molecule has 0 heterocycles. The van der Waals surface area contributed by atoms with Crippen LogP contribution in [0, 0.1) is 0 Å². The molecular formula is C19H20O2. The van der Waals surface area contributed by atoms with Crippen molar-refractivity contribution >= 4 is 11.5 Å². The predicted molar refractivity (Wildman–Crippen MR) is 86.8 cm³/mol. The Morgan fingerprint density at radius 2 is 1.52 bits per heavy atom. The van der Waals surface area contributed by atoms with Crippen molar-refractivity contribution in [3.05, 3.63) is 66.2 Å². The lowest BCUT2D eigenvalue weighted by Gasteiger charge is -2.10. The van der Waals surface area contributed by atoms with Gasteiger partial charge in [-0.2, -0.15) is 0 Å². The van der Waals surface area contributed by atoms with Gasteiger partial charge in [-0.3, -0.25) is 4.79 Å². The fourth-order valence-electron chi connectivity index (χ4n) is 2.30. The zero-order valence-corrected chi connectivity index (χ0v) is 12.7. The second kappa shape index (κ2) is 6.89. The molecular weight excluding hydrogens is 260 g/mol. The van der Waals surface area contributed by atoms with E-state index >= 15 is 0 Å². The van der Waals surface area contributed by atoms with Crippen LogP contribution < -0.4 is 0 Å². The van der Waals surface area contributed by atoms with Crippen molar-refractivity contribution in [2.75, 3.05) is 0 Å². The Morgan fingerprint density at radius 3 is 2.10 bits per heavy atom. The molecule has 2 rings (SSSR count). The maximum Gasteiger partial charge on any atom is 0.303 e. The third kappa shape index (κ3) is 4.32. The molecule has 0 saturated carbocycles. The first-order valence-corrected chi connectivity index (χ1v) is 7.08. The van der Waals surface area contributed by atoms with E-state index in [-0.39, 0.29) is 12.1 Å². The number of esters is 1. The first-order valence-electron chi connectivity index (χ1n) is 7.08. The summed E-state index contributed by atoms with van der Waals surface area (Å²) >= 11 is 0. The van der Waals surface area contributed by atoms with Crippen molar-refractivity contribution in [1.82, 2.24) is 0 Å². The Hall–Kier alpha value is -2.35. The van der Waals surface area contributed by atoms with Gasteiger partial charge in [0.15, 0.2) is 0 Å². The molecule has 0 aromatic heterocycles. The van der Waals surface area contributed by atoms with E-state index in [1.807, 2.05) is 38.1 Å². The molecule has 0 saturated heterocycles. The molecule has 2 nitrogen and oxygen atoms in total. The molecule has 0 amide bonds. The summed E-state index contributed by atoms with van der Waals surface area (Å²) < 4.78 is 5.12. The molecule has 0 aliphatic heterocycles. The van der Waals surface area contributed by atoms with E-state index in [9.17, 15) is 4.79 Å². The average Bonchev–Trinajstić information content (AvgIpc) is 2.47. The van der Waals surface area contributed by atoms with Crippen molar-refractivity contribution in [3.8, 4) is 11.1 Å². The summed E-state index contributed by atoms with van der Waals surface area (Å²) in [5.74, 6) is -0.258. The highest BCUT2D eigenvalue weighted by atomic mass is 16.5. The lowest BCUT2D eigenvalue weighted by Crippen LogP contribution is -2.09. The number of carbonyl (C=O) groups is 1. The SMILES string of the molecule is CC(=O)OC(C)C=C(C)c1ccc(-c2ccccc2)cc1. The molecule has 0 aliphatic rings. The molecule has 0 N–H and O–H groups in total. The van der Waals surface area contributed by atoms with Crippen LogP contribution in [0.3, 0.4) is 0 Å². The summed E-state index contributed by atoms with van der Waals surface area (Å²) in [6, 6.07) is 18.7. The highest BCUT2D eigenvalue weighted by Gasteiger charge is 2.04.